The van der Waals surface area contributed by atoms with E-state index in [4.69, 9.17) is 0 Å². The normalized spacial score (nSPS) is 12.2. The van der Waals surface area contributed by atoms with E-state index >= 15 is 0 Å². The highest BCUT2D eigenvalue weighted by Crippen LogP contribution is 2.26. The molecule has 0 atom stereocenters. The minimum absolute atomic E-state index is 0.124. The van der Waals surface area contributed by atoms with E-state index in [-0.39, 0.29) is 15.6 Å². The predicted octanol–water partition coefficient (Wildman–Crippen LogP) is 2.31. The summed E-state index contributed by atoms with van der Waals surface area (Å²) in [5.41, 5.74) is 0.124. The minimum Gasteiger partial charge on any atom is -0.234 e. The minimum atomic E-state index is -3.99. The van der Waals surface area contributed by atoms with Crippen molar-refractivity contribution in [3.05, 3.63) is 47.7 Å². The molecule has 0 aliphatic carbocycles. The van der Waals surface area contributed by atoms with Crippen molar-refractivity contribution in [1.82, 2.24) is 19.8 Å². The number of sulfone groups is 1. The van der Waals surface area contributed by atoms with Crippen LogP contribution in [0.15, 0.2) is 51.8 Å². The zero-order chi connectivity index (χ0) is 15.3. The number of aromatic nitrogens is 4. The van der Waals surface area contributed by atoms with Crippen molar-refractivity contribution < 1.29 is 12.8 Å². The van der Waals surface area contributed by atoms with Crippen molar-refractivity contribution in [1.29, 1.82) is 0 Å². The molecule has 3 aromatic heterocycles. The molecule has 4 rings (SSSR count). The molecule has 9 heteroatoms. The summed E-state index contributed by atoms with van der Waals surface area (Å²) < 4.78 is 39.9. The Morgan fingerprint density at radius 1 is 1.23 bits per heavy atom. The lowest BCUT2D eigenvalue weighted by Gasteiger charge is -2.01. The molecule has 0 unspecified atom stereocenters. The van der Waals surface area contributed by atoms with Gasteiger partial charge in [-0.1, -0.05) is 11.3 Å². The van der Waals surface area contributed by atoms with E-state index in [0.717, 1.165) is 16.3 Å². The Labute approximate surface area is 127 Å². The summed E-state index contributed by atoms with van der Waals surface area (Å²) in [6.07, 6.45) is 1.56. The van der Waals surface area contributed by atoms with Gasteiger partial charge in [0.25, 0.3) is 0 Å². The van der Waals surface area contributed by atoms with Crippen LogP contribution < -0.4 is 0 Å². The predicted molar refractivity (Wildman–Crippen MR) is 78.0 cm³/mol. The Morgan fingerprint density at radius 2 is 2.09 bits per heavy atom. The van der Waals surface area contributed by atoms with E-state index in [0.29, 0.717) is 0 Å². The molecule has 0 aliphatic heterocycles. The standard InChI is InChI=1S/C13H7FN4O2S2/c14-9-2-1-3-10(6-9)22(19,20)12-11-15-7-8-4-5-21-13(8)18(11)17-16-12/h1-7H. The topological polar surface area (TPSA) is 77.2 Å². The molecule has 0 amide bonds. The number of hydrogen-bond donors (Lipinski definition) is 0. The van der Waals surface area contributed by atoms with Crippen molar-refractivity contribution in [3.63, 3.8) is 0 Å². The molecule has 0 fully saturated rings. The van der Waals surface area contributed by atoms with Crippen molar-refractivity contribution >= 4 is 37.0 Å². The summed E-state index contributed by atoms with van der Waals surface area (Å²) in [4.78, 5) is 4.70. The molecule has 0 radical (unpaired) electrons. The highest BCUT2D eigenvalue weighted by atomic mass is 32.2. The molecule has 22 heavy (non-hydrogen) atoms. The first-order chi connectivity index (χ1) is 10.6. The largest absolute Gasteiger partial charge is 0.234 e. The van der Waals surface area contributed by atoms with E-state index in [1.54, 1.807) is 6.20 Å². The van der Waals surface area contributed by atoms with Crippen molar-refractivity contribution in [3.8, 4) is 0 Å². The van der Waals surface area contributed by atoms with Crippen molar-refractivity contribution in [2.24, 2.45) is 0 Å². The summed E-state index contributed by atoms with van der Waals surface area (Å²) in [6.45, 7) is 0. The number of rotatable bonds is 2. The van der Waals surface area contributed by atoms with E-state index in [1.165, 1.54) is 34.1 Å². The van der Waals surface area contributed by atoms with Crippen LogP contribution in [0.1, 0.15) is 0 Å². The average Bonchev–Trinajstić information content (AvgIpc) is 3.13. The molecule has 110 valence electrons. The van der Waals surface area contributed by atoms with Crippen LogP contribution in [-0.2, 0) is 9.84 Å². The molecular formula is C13H7FN4O2S2. The Balaban J connectivity index is 2.01. The van der Waals surface area contributed by atoms with Gasteiger partial charge < -0.3 is 0 Å². The second kappa shape index (κ2) is 4.55. The summed E-state index contributed by atoms with van der Waals surface area (Å²) in [7, 11) is -3.99. The van der Waals surface area contributed by atoms with Gasteiger partial charge in [-0.2, -0.15) is 4.52 Å². The molecule has 1 aromatic carbocycles. The second-order valence-electron chi connectivity index (χ2n) is 4.53. The fraction of sp³-hybridized carbons (Fsp3) is 0. The molecule has 0 saturated heterocycles. The maximum absolute atomic E-state index is 13.3. The number of hydrogen-bond acceptors (Lipinski definition) is 6. The van der Waals surface area contributed by atoms with Gasteiger partial charge in [0.15, 0.2) is 5.65 Å². The zero-order valence-electron chi connectivity index (χ0n) is 10.8. The Hall–Kier alpha value is -2.39. The van der Waals surface area contributed by atoms with Crippen LogP contribution in [0.2, 0.25) is 0 Å². The Bertz CT molecular complexity index is 1120. The molecular weight excluding hydrogens is 327 g/mol. The first-order valence-corrected chi connectivity index (χ1v) is 8.52. The smallest absolute Gasteiger partial charge is 0.229 e. The molecule has 4 aromatic rings. The monoisotopic (exact) mass is 334 g/mol. The Morgan fingerprint density at radius 3 is 2.91 bits per heavy atom. The number of halogens is 1. The van der Waals surface area contributed by atoms with Crippen molar-refractivity contribution in [2.45, 2.75) is 9.92 Å². The number of fused-ring (bicyclic) bond motifs is 3. The average molecular weight is 334 g/mol. The van der Waals surface area contributed by atoms with Crippen LogP contribution in [0.4, 0.5) is 4.39 Å². The Kier molecular flexibility index (Phi) is 2.75. The third kappa shape index (κ3) is 1.82. The number of benzene rings is 1. The quantitative estimate of drug-likeness (QED) is 0.562. The lowest BCUT2D eigenvalue weighted by atomic mass is 10.4. The van der Waals surface area contributed by atoms with Gasteiger partial charge in [0.2, 0.25) is 14.9 Å². The van der Waals surface area contributed by atoms with E-state index in [1.807, 2.05) is 11.4 Å². The summed E-state index contributed by atoms with van der Waals surface area (Å²) in [6, 6.07) is 6.63. The first kappa shape index (κ1) is 13.3. The van der Waals surface area contributed by atoms with Crippen LogP contribution >= 0.6 is 11.3 Å². The molecule has 6 nitrogen and oxygen atoms in total. The van der Waals surface area contributed by atoms with Crippen LogP contribution in [0.25, 0.3) is 15.9 Å². The lowest BCUT2D eigenvalue weighted by Crippen LogP contribution is -2.04. The van der Waals surface area contributed by atoms with Gasteiger partial charge >= 0.3 is 0 Å². The van der Waals surface area contributed by atoms with E-state index < -0.39 is 15.7 Å². The van der Waals surface area contributed by atoms with Crippen LogP contribution in [0, 0.1) is 5.82 Å². The van der Waals surface area contributed by atoms with Gasteiger partial charge in [-0.3, -0.25) is 0 Å². The fourth-order valence-electron chi connectivity index (χ4n) is 2.14. The molecule has 0 bridgehead atoms. The highest BCUT2D eigenvalue weighted by molar-refractivity contribution is 7.91. The van der Waals surface area contributed by atoms with Gasteiger partial charge in [0.1, 0.15) is 10.6 Å². The number of nitrogens with zero attached hydrogens (tertiary/aromatic N) is 4. The maximum atomic E-state index is 13.3. The van der Waals surface area contributed by atoms with E-state index in [9.17, 15) is 12.8 Å². The highest BCUT2D eigenvalue weighted by Gasteiger charge is 2.26. The third-order valence-electron chi connectivity index (χ3n) is 3.17. The molecule has 3 heterocycles. The van der Waals surface area contributed by atoms with Gasteiger partial charge in [-0.05, 0) is 29.6 Å². The third-order valence-corrected chi connectivity index (χ3v) is 5.72. The molecule has 0 spiro atoms. The van der Waals surface area contributed by atoms with Crippen LogP contribution in [0.5, 0.6) is 0 Å². The number of thiophene rings is 1. The summed E-state index contributed by atoms with van der Waals surface area (Å²) in [5.74, 6) is -0.633. The summed E-state index contributed by atoms with van der Waals surface area (Å²) in [5, 5.41) is 10.0. The lowest BCUT2D eigenvalue weighted by molar-refractivity contribution is 0.587. The summed E-state index contributed by atoms with van der Waals surface area (Å²) >= 11 is 1.40. The first-order valence-electron chi connectivity index (χ1n) is 6.16. The second-order valence-corrected chi connectivity index (χ2v) is 7.29. The SMILES string of the molecule is O=S(=O)(c1cccc(F)c1)c1nnn2c1ncc1ccsc12. The van der Waals surface area contributed by atoms with Crippen LogP contribution in [-0.4, -0.2) is 28.2 Å². The van der Waals surface area contributed by atoms with Gasteiger partial charge in [-0.15, -0.1) is 16.4 Å². The van der Waals surface area contributed by atoms with Crippen molar-refractivity contribution in [2.75, 3.05) is 0 Å². The zero-order valence-corrected chi connectivity index (χ0v) is 12.5. The maximum Gasteiger partial charge on any atom is 0.229 e. The van der Waals surface area contributed by atoms with Crippen LogP contribution in [0.3, 0.4) is 0 Å². The van der Waals surface area contributed by atoms with Gasteiger partial charge in [0.05, 0.1) is 4.90 Å². The van der Waals surface area contributed by atoms with Gasteiger partial charge in [-0.25, -0.2) is 17.8 Å². The molecule has 0 N–H and O–H groups in total. The van der Waals surface area contributed by atoms with Gasteiger partial charge in [0, 0.05) is 11.6 Å². The fourth-order valence-corrected chi connectivity index (χ4v) is 4.24. The van der Waals surface area contributed by atoms with E-state index in [2.05, 4.69) is 15.3 Å². The molecule has 0 saturated carbocycles. The molecule has 0 aliphatic rings.